The molecule has 0 amide bonds. The van der Waals surface area contributed by atoms with Crippen LogP contribution < -0.4 is 5.32 Å². The summed E-state index contributed by atoms with van der Waals surface area (Å²) in [5.74, 6) is 0.963. The monoisotopic (exact) mass is 227 g/mol. The fourth-order valence-electron chi connectivity index (χ4n) is 3.75. The number of hydrogen-bond donors (Lipinski definition) is 1. The molecule has 1 N–H and O–H groups in total. The molecule has 1 unspecified atom stereocenters. The zero-order chi connectivity index (χ0) is 11.2. The molecule has 0 saturated carbocycles. The van der Waals surface area contributed by atoms with Crippen molar-refractivity contribution in [2.75, 3.05) is 13.1 Å². The maximum absolute atomic E-state index is 3.70. The van der Waals surface area contributed by atoms with Crippen molar-refractivity contribution in [3.63, 3.8) is 0 Å². The molecule has 2 bridgehead atoms. The number of piperidine rings is 3. The van der Waals surface area contributed by atoms with Crippen molar-refractivity contribution in [3.05, 3.63) is 41.4 Å². The van der Waals surface area contributed by atoms with Gasteiger partial charge in [0.25, 0.3) is 0 Å². The Morgan fingerprint density at radius 2 is 1.94 bits per heavy atom. The zero-order valence-electron chi connectivity index (χ0n) is 10.2. The SMILES string of the molecule is c1ccc2c(c1)CNC2[C]1CC2CCN1CC2. The standard InChI is InChI=1S/C15H19N2/c1-2-4-13-12(3-1)10-16-15(13)14-9-11-5-7-17(14)8-6-11/h1-4,11,15-16H,5-10H2. The number of nitrogens with zero attached hydrogens (tertiary/aromatic N) is 1. The maximum Gasteiger partial charge on any atom is 0.0610 e. The fraction of sp³-hybridized carbons (Fsp3) is 0.533. The van der Waals surface area contributed by atoms with Crippen LogP contribution in [0.5, 0.6) is 0 Å². The van der Waals surface area contributed by atoms with Crippen molar-refractivity contribution in [1.29, 1.82) is 0 Å². The summed E-state index contributed by atoms with van der Waals surface area (Å²) in [6, 6.07) is 11.1. The summed E-state index contributed by atoms with van der Waals surface area (Å²) in [6.45, 7) is 3.63. The van der Waals surface area contributed by atoms with Gasteiger partial charge < -0.3 is 5.32 Å². The summed E-state index contributed by atoms with van der Waals surface area (Å²) < 4.78 is 0. The van der Waals surface area contributed by atoms with Crippen LogP contribution in [0.3, 0.4) is 0 Å². The molecular formula is C15H19N2. The lowest BCUT2D eigenvalue weighted by atomic mass is 9.79. The van der Waals surface area contributed by atoms with E-state index < -0.39 is 0 Å². The largest absolute Gasteiger partial charge is 0.304 e. The van der Waals surface area contributed by atoms with Crippen LogP contribution >= 0.6 is 0 Å². The van der Waals surface area contributed by atoms with Gasteiger partial charge in [-0.05, 0) is 49.4 Å². The van der Waals surface area contributed by atoms with Crippen molar-refractivity contribution in [1.82, 2.24) is 10.2 Å². The molecule has 4 aliphatic rings. The number of hydrogen-bond acceptors (Lipinski definition) is 2. The first kappa shape index (κ1) is 10.1. The van der Waals surface area contributed by atoms with Gasteiger partial charge in [0.2, 0.25) is 0 Å². The van der Waals surface area contributed by atoms with Gasteiger partial charge in [0.1, 0.15) is 0 Å². The average molecular weight is 227 g/mol. The van der Waals surface area contributed by atoms with E-state index in [9.17, 15) is 0 Å². The summed E-state index contributed by atoms with van der Waals surface area (Å²) in [6.07, 6.45) is 4.15. The highest BCUT2D eigenvalue weighted by molar-refractivity contribution is 5.37. The smallest absolute Gasteiger partial charge is 0.0610 e. The van der Waals surface area contributed by atoms with Gasteiger partial charge in [-0.3, -0.25) is 4.90 Å². The molecule has 1 radical (unpaired) electrons. The number of fused-ring (bicyclic) bond motifs is 4. The summed E-state index contributed by atoms with van der Waals surface area (Å²) in [4.78, 5) is 2.64. The van der Waals surface area contributed by atoms with Gasteiger partial charge in [0, 0.05) is 6.54 Å². The number of benzene rings is 1. The normalized spacial score (nSPS) is 36.1. The highest BCUT2D eigenvalue weighted by atomic mass is 15.2. The Kier molecular flexibility index (Phi) is 2.27. The molecule has 1 aromatic rings. The Morgan fingerprint density at radius 1 is 1.12 bits per heavy atom. The fourth-order valence-corrected chi connectivity index (χ4v) is 3.75. The predicted molar refractivity (Wildman–Crippen MR) is 68.2 cm³/mol. The van der Waals surface area contributed by atoms with E-state index in [4.69, 9.17) is 0 Å². The predicted octanol–water partition coefficient (Wildman–Crippen LogP) is 2.48. The third-order valence-electron chi connectivity index (χ3n) is 4.71. The lowest BCUT2D eigenvalue weighted by Gasteiger charge is -2.47. The van der Waals surface area contributed by atoms with Crippen LogP contribution in [0.4, 0.5) is 0 Å². The molecule has 3 fully saturated rings. The molecule has 3 saturated heterocycles. The van der Waals surface area contributed by atoms with Gasteiger partial charge in [-0.25, -0.2) is 0 Å². The minimum absolute atomic E-state index is 0.509. The van der Waals surface area contributed by atoms with E-state index >= 15 is 0 Å². The van der Waals surface area contributed by atoms with E-state index in [0.29, 0.717) is 6.04 Å². The average Bonchev–Trinajstić information content (AvgIpc) is 2.84. The van der Waals surface area contributed by atoms with E-state index in [1.54, 1.807) is 6.04 Å². The van der Waals surface area contributed by atoms with Gasteiger partial charge in [-0.2, -0.15) is 0 Å². The van der Waals surface area contributed by atoms with E-state index in [1.807, 2.05) is 0 Å². The minimum atomic E-state index is 0.509. The molecule has 89 valence electrons. The first-order valence-corrected chi connectivity index (χ1v) is 6.83. The van der Waals surface area contributed by atoms with Crippen LogP contribution in [-0.2, 0) is 6.54 Å². The number of rotatable bonds is 1. The third kappa shape index (κ3) is 1.54. The molecule has 2 heteroatoms. The Labute approximate surface area is 103 Å². The molecule has 4 heterocycles. The molecule has 4 aliphatic heterocycles. The topological polar surface area (TPSA) is 15.3 Å². The second-order valence-corrected chi connectivity index (χ2v) is 5.64. The van der Waals surface area contributed by atoms with Crippen LogP contribution in [0.2, 0.25) is 0 Å². The van der Waals surface area contributed by atoms with Crippen LogP contribution in [-0.4, -0.2) is 18.0 Å². The van der Waals surface area contributed by atoms with Crippen molar-refractivity contribution < 1.29 is 0 Å². The van der Waals surface area contributed by atoms with E-state index in [2.05, 4.69) is 34.5 Å². The molecule has 1 aromatic carbocycles. The maximum atomic E-state index is 3.70. The van der Waals surface area contributed by atoms with Gasteiger partial charge in [0.15, 0.2) is 0 Å². The van der Waals surface area contributed by atoms with Gasteiger partial charge in [0.05, 0.1) is 12.1 Å². The second-order valence-electron chi connectivity index (χ2n) is 5.64. The Hall–Kier alpha value is -0.860. The first-order chi connectivity index (χ1) is 8.42. The van der Waals surface area contributed by atoms with Crippen molar-refractivity contribution >= 4 is 0 Å². The molecule has 0 aliphatic carbocycles. The van der Waals surface area contributed by atoms with Gasteiger partial charge in [-0.1, -0.05) is 24.3 Å². The van der Waals surface area contributed by atoms with Crippen LogP contribution in [0.15, 0.2) is 24.3 Å². The Balaban J connectivity index is 1.64. The lowest BCUT2D eigenvalue weighted by molar-refractivity contribution is 0.0957. The van der Waals surface area contributed by atoms with E-state index in [0.717, 1.165) is 12.5 Å². The van der Waals surface area contributed by atoms with Crippen LogP contribution in [0.25, 0.3) is 0 Å². The van der Waals surface area contributed by atoms with Gasteiger partial charge in [-0.15, -0.1) is 0 Å². The minimum Gasteiger partial charge on any atom is -0.304 e. The molecular weight excluding hydrogens is 208 g/mol. The van der Waals surface area contributed by atoms with Crippen molar-refractivity contribution in [2.24, 2.45) is 5.92 Å². The molecule has 1 atom stereocenters. The van der Waals surface area contributed by atoms with E-state index in [-0.39, 0.29) is 0 Å². The molecule has 0 aromatic heterocycles. The highest BCUT2D eigenvalue weighted by Gasteiger charge is 2.40. The molecule has 5 rings (SSSR count). The number of nitrogens with one attached hydrogen (secondary N) is 1. The summed E-state index contributed by atoms with van der Waals surface area (Å²) in [7, 11) is 0. The highest BCUT2D eigenvalue weighted by Crippen LogP contribution is 2.44. The Bertz CT molecular complexity index is 421. The van der Waals surface area contributed by atoms with Crippen molar-refractivity contribution in [3.8, 4) is 0 Å². The quantitative estimate of drug-likeness (QED) is 0.793. The zero-order valence-corrected chi connectivity index (χ0v) is 10.2. The van der Waals surface area contributed by atoms with Crippen molar-refractivity contribution in [2.45, 2.75) is 31.8 Å². The summed E-state index contributed by atoms with van der Waals surface area (Å²) >= 11 is 0. The molecule has 17 heavy (non-hydrogen) atoms. The molecule has 2 nitrogen and oxygen atoms in total. The van der Waals surface area contributed by atoms with Crippen LogP contribution in [0.1, 0.15) is 36.4 Å². The Morgan fingerprint density at radius 3 is 2.71 bits per heavy atom. The molecule has 0 spiro atoms. The van der Waals surface area contributed by atoms with E-state index in [1.165, 1.54) is 43.5 Å². The third-order valence-corrected chi connectivity index (χ3v) is 4.71. The summed E-state index contributed by atoms with van der Waals surface area (Å²) in [5.41, 5.74) is 3.02. The van der Waals surface area contributed by atoms with Crippen LogP contribution in [0, 0.1) is 12.0 Å². The summed E-state index contributed by atoms with van der Waals surface area (Å²) in [5, 5.41) is 3.70. The van der Waals surface area contributed by atoms with Gasteiger partial charge >= 0.3 is 0 Å². The first-order valence-electron chi connectivity index (χ1n) is 6.83. The lowest BCUT2D eigenvalue weighted by Crippen LogP contribution is -2.47. The second kappa shape index (κ2) is 3.82.